The van der Waals surface area contributed by atoms with Gasteiger partial charge in [-0.05, 0) is 51.0 Å². The van der Waals surface area contributed by atoms with Crippen molar-refractivity contribution in [1.29, 1.82) is 0 Å². The number of anilines is 1. The maximum absolute atomic E-state index is 11.2. The summed E-state index contributed by atoms with van der Waals surface area (Å²) in [5, 5.41) is 3.27. The summed E-state index contributed by atoms with van der Waals surface area (Å²) in [4.78, 5) is 15.8. The number of carbonyl (C=O) groups excluding carboxylic acids is 1. The van der Waals surface area contributed by atoms with Crippen LogP contribution in [-0.4, -0.2) is 21.9 Å². The number of nitrogens with one attached hydrogen (secondary N) is 1. The molecule has 4 nitrogen and oxygen atoms in total. The van der Waals surface area contributed by atoms with Crippen molar-refractivity contribution in [1.82, 2.24) is 9.55 Å². The second kappa shape index (κ2) is 5.43. The van der Waals surface area contributed by atoms with E-state index in [2.05, 4.69) is 40.8 Å². The Bertz CT molecular complexity index is 613. The lowest BCUT2D eigenvalue weighted by molar-refractivity contribution is -0.117. The lowest BCUT2D eigenvalue weighted by atomic mass is 10.1. The van der Waals surface area contributed by atoms with Gasteiger partial charge in [-0.1, -0.05) is 0 Å². The molecule has 1 N–H and O–H groups in total. The van der Waals surface area contributed by atoms with E-state index in [0.717, 1.165) is 23.5 Å². The highest BCUT2D eigenvalue weighted by molar-refractivity contribution is 5.81. The number of imidazole rings is 1. The van der Waals surface area contributed by atoms with Crippen molar-refractivity contribution in [2.45, 2.75) is 40.7 Å². The molecule has 0 saturated carbocycles. The van der Waals surface area contributed by atoms with E-state index in [1.54, 1.807) is 6.92 Å². The van der Waals surface area contributed by atoms with Gasteiger partial charge in [0, 0.05) is 19.5 Å². The topological polar surface area (TPSA) is 46.9 Å². The Kier molecular flexibility index (Phi) is 3.88. The van der Waals surface area contributed by atoms with E-state index in [0.29, 0.717) is 13.0 Å². The quantitative estimate of drug-likeness (QED) is 0.897. The van der Waals surface area contributed by atoms with Gasteiger partial charge in [0.15, 0.2) is 0 Å². The molecule has 1 aromatic carbocycles. The van der Waals surface area contributed by atoms with Crippen LogP contribution in [0.2, 0.25) is 0 Å². The highest BCUT2D eigenvalue weighted by Crippen LogP contribution is 2.23. The molecule has 0 aliphatic heterocycles. The van der Waals surface area contributed by atoms with Crippen LogP contribution in [0.5, 0.6) is 0 Å². The fourth-order valence-corrected chi connectivity index (χ4v) is 2.17. The van der Waals surface area contributed by atoms with E-state index in [1.807, 2.05) is 6.92 Å². The second-order valence-electron chi connectivity index (χ2n) is 4.99. The van der Waals surface area contributed by atoms with Crippen molar-refractivity contribution in [3.8, 4) is 0 Å². The van der Waals surface area contributed by atoms with Crippen molar-refractivity contribution in [2.75, 3.05) is 11.9 Å². The Morgan fingerprint density at radius 1 is 1.32 bits per heavy atom. The smallest absolute Gasteiger partial charge is 0.203 e. The molecule has 19 heavy (non-hydrogen) atoms. The minimum absolute atomic E-state index is 0.202. The molecule has 0 unspecified atom stereocenters. The number of benzene rings is 1. The van der Waals surface area contributed by atoms with Crippen LogP contribution in [0.3, 0.4) is 0 Å². The van der Waals surface area contributed by atoms with Crippen molar-refractivity contribution in [3.05, 3.63) is 23.3 Å². The number of hydrogen-bond acceptors (Lipinski definition) is 3. The highest BCUT2D eigenvalue weighted by atomic mass is 16.1. The summed E-state index contributed by atoms with van der Waals surface area (Å²) in [5.74, 6) is 1.05. The molecule has 0 radical (unpaired) electrons. The summed E-state index contributed by atoms with van der Waals surface area (Å²) >= 11 is 0. The Morgan fingerprint density at radius 3 is 2.63 bits per heavy atom. The minimum atomic E-state index is 0.202. The average Bonchev–Trinajstić information content (AvgIpc) is 2.65. The predicted molar refractivity (Wildman–Crippen MR) is 78.7 cm³/mol. The van der Waals surface area contributed by atoms with Gasteiger partial charge < -0.3 is 9.88 Å². The fourth-order valence-electron chi connectivity index (χ4n) is 2.17. The zero-order valence-electron chi connectivity index (χ0n) is 12.1. The monoisotopic (exact) mass is 259 g/mol. The molecule has 0 saturated heterocycles. The minimum Gasteiger partial charge on any atom is -0.356 e. The first-order valence-corrected chi connectivity index (χ1v) is 6.73. The fraction of sp³-hybridized carbons (Fsp3) is 0.467. The number of nitrogens with zero attached hydrogens (tertiary/aromatic N) is 2. The molecule has 0 amide bonds. The number of aryl methyl sites for hydroxylation is 3. The number of Topliss-reactive ketones (excluding diaryl/α,β-unsaturated/α-hetero) is 1. The summed E-state index contributed by atoms with van der Waals surface area (Å²) in [6, 6.07) is 4.26. The first kappa shape index (κ1) is 13.6. The molecular weight excluding hydrogens is 238 g/mol. The summed E-state index contributed by atoms with van der Waals surface area (Å²) in [5.41, 5.74) is 4.58. The van der Waals surface area contributed by atoms with Gasteiger partial charge in [-0.3, -0.25) is 4.79 Å². The number of fused-ring (bicyclic) bond motifs is 1. The van der Waals surface area contributed by atoms with Crippen molar-refractivity contribution in [3.63, 3.8) is 0 Å². The number of hydrogen-bond donors (Lipinski definition) is 1. The molecule has 0 atom stereocenters. The second-order valence-corrected chi connectivity index (χ2v) is 4.99. The summed E-state index contributed by atoms with van der Waals surface area (Å²) in [7, 11) is 0. The van der Waals surface area contributed by atoms with Gasteiger partial charge in [0.25, 0.3) is 0 Å². The molecule has 1 aromatic heterocycles. The molecule has 2 rings (SSSR count). The normalized spacial score (nSPS) is 10.9. The Labute approximate surface area is 113 Å². The molecule has 4 heteroatoms. The number of aromatic nitrogens is 2. The Hall–Kier alpha value is -1.84. The molecule has 0 fully saturated rings. The van der Waals surface area contributed by atoms with Crippen LogP contribution < -0.4 is 5.32 Å². The standard InChI is InChI=1S/C15H21N3O/c1-5-16-15-17-13-8-10(2)11(3)9-14(13)18(15)7-6-12(4)19/h8-9H,5-7H2,1-4H3,(H,16,17). The lowest BCUT2D eigenvalue weighted by Crippen LogP contribution is -2.09. The van der Waals surface area contributed by atoms with Gasteiger partial charge in [0.05, 0.1) is 11.0 Å². The van der Waals surface area contributed by atoms with Crippen molar-refractivity contribution < 1.29 is 4.79 Å². The third-order valence-electron chi connectivity index (χ3n) is 3.39. The molecular formula is C15H21N3O. The number of carbonyl (C=O) groups is 1. The Morgan fingerprint density at radius 2 is 2.00 bits per heavy atom. The largest absolute Gasteiger partial charge is 0.356 e. The van der Waals surface area contributed by atoms with Gasteiger partial charge in [0.2, 0.25) is 5.95 Å². The van der Waals surface area contributed by atoms with Gasteiger partial charge >= 0.3 is 0 Å². The number of rotatable bonds is 5. The molecule has 0 aliphatic rings. The van der Waals surface area contributed by atoms with E-state index >= 15 is 0 Å². The van der Waals surface area contributed by atoms with Gasteiger partial charge in [-0.15, -0.1) is 0 Å². The molecule has 1 heterocycles. The van der Waals surface area contributed by atoms with Crippen LogP contribution in [-0.2, 0) is 11.3 Å². The summed E-state index contributed by atoms with van der Waals surface area (Å²) < 4.78 is 2.10. The van der Waals surface area contributed by atoms with Crippen LogP contribution in [0.15, 0.2) is 12.1 Å². The van der Waals surface area contributed by atoms with Crippen molar-refractivity contribution >= 4 is 22.8 Å². The average molecular weight is 259 g/mol. The van der Waals surface area contributed by atoms with E-state index in [-0.39, 0.29) is 5.78 Å². The zero-order chi connectivity index (χ0) is 14.0. The van der Waals surface area contributed by atoms with Gasteiger partial charge in [-0.25, -0.2) is 4.98 Å². The molecule has 102 valence electrons. The van der Waals surface area contributed by atoms with Crippen LogP contribution in [0.1, 0.15) is 31.4 Å². The first-order chi connectivity index (χ1) is 9.02. The molecule has 0 aliphatic carbocycles. The summed E-state index contributed by atoms with van der Waals surface area (Å²) in [6.07, 6.45) is 0.538. The Balaban J connectivity index is 2.51. The van der Waals surface area contributed by atoms with Gasteiger partial charge in [0.1, 0.15) is 5.78 Å². The van der Waals surface area contributed by atoms with E-state index in [1.165, 1.54) is 11.1 Å². The van der Waals surface area contributed by atoms with Crippen LogP contribution in [0.4, 0.5) is 5.95 Å². The van der Waals surface area contributed by atoms with Crippen LogP contribution in [0, 0.1) is 13.8 Å². The number of ketones is 1. The van der Waals surface area contributed by atoms with Crippen LogP contribution >= 0.6 is 0 Å². The first-order valence-electron chi connectivity index (χ1n) is 6.73. The maximum atomic E-state index is 11.2. The molecule has 0 bridgehead atoms. The van der Waals surface area contributed by atoms with Crippen LogP contribution in [0.25, 0.3) is 11.0 Å². The third kappa shape index (κ3) is 2.78. The van der Waals surface area contributed by atoms with Crippen molar-refractivity contribution in [2.24, 2.45) is 0 Å². The third-order valence-corrected chi connectivity index (χ3v) is 3.39. The predicted octanol–water partition coefficient (Wildman–Crippen LogP) is 3.06. The van der Waals surface area contributed by atoms with E-state index in [9.17, 15) is 4.79 Å². The summed E-state index contributed by atoms with van der Waals surface area (Å²) in [6.45, 7) is 9.37. The van der Waals surface area contributed by atoms with E-state index < -0.39 is 0 Å². The SMILES string of the molecule is CCNc1nc2cc(C)c(C)cc2n1CCC(C)=O. The lowest BCUT2D eigenvalue weighted by Gasteiger charge is -2.09. The molecule has 2 aromatic rings. The molecule has 0 spiro atoms. The maximum Gasteiger partial charge on any atom is 0.203 e. The highest BCUT2D eigenvalue weighted by Gasteiger charge is 2.11. The van der Waals surface area contributed by atoms with E-state index in [4.69, 9.17) is 0 Å². The van der Waals surface area contributed by atoms with Gasteiger partial charge in [-0.2, -0.15) is 0 Å². The zero-order valence-corrected chi connectivity index (χ0v) is 12.1.